The van der Waals surface area contributed by atoms with E-state index >= 15 is 0 Å². The Morgan fingerprint density at radius 3 is 2.65 bits per heavy atom. The highest BCUT2D eigenvalue weighted by molar-refractivity contribution is 6.30. The molecular formula is C19H15ClN2O4. The van der Waals surface area contributed by atoms with Crippen LogP contribution in [0.4, 0.5) is 5.69 Å². The van der Waals surface area contributed by atoms with E-state index in [1.165, 1.54) is 13.0 Å². The zero-order valence-corrected chi connectivity index (χ0v) is 14.6. The van der Waals surface area contributed by atoms with Crippen LogP contribution < -0.4 is 5.32 Å². The van der Waals surface area contributed by atoms with Gasteiger partial charge in [0.1, 0.15) is 5.52 Å². The number of oxazole rings is 1. The summed E-state index contributed by atoms with van der Waals surface area (Å²) in [4.78, 5) is 28.1. The average Bonchev–Trinajstić information content (AvgIpc) is 3.05. The number of ether oxygens (including phenoxy) is 1. The van der Waals surface area contributed by atoms with Gasteiger partial charge in [0, 0.05) is 22.9 Å². The molecule has 0 fully saturated rings. The minimum absolute atomic E-state index is 0.279. The van der Waals surface area contributed by atoms with Crippen molar-refractivity contribution in [2.24, 2.45) is 0 Å². The van der Waals surface area contributed by atoms with Gasteiger partial charge in [0.2, 0.25) is 5.89 Å². The number of fused-ring (bicyclic) bond motifs is 1. The Kier molecular flexibility index (Phi) is 5.34. The monoisotopic (exact) mass is 370 g/mol. The molecule has 3 rings (SSSR count). The van der Waals surface area contributed by atoms with Crippen LogP contribution in [0.15, 0.2) is 59.0 Å². The fourth-order valence-electron chi connectivity index (χ4n) is 2.14. The van der Waals surface area contributed by atoms with Crippen molar-refractivity contribution in [2.75, 3.05) is 5.32 Å². The van der Waals surface area contributed by atoms with E-state index in [0.29, 0.717) is 21.8 Å². The number of carbonyl (C=O) groups is 2. The predicted octanol–water partition coefficient (Wildman–Crippen LogP) is 4.06. The molecule has 26 heavy (non-hydrogen) atoms. The molecule has 7 heteroatoms. The third-order valence-electron chi connectivity index (χ3n) is 3.45. The van der Waals surface area contributed by atoms with E-state index in [0.717, 1.165) is 6.08 Å². The summed E-state index contributed by atoms with van der Waals surface area (Å²) in [5.41, 5.74) is 1.87. The summed E-state index contributed by atoms with van der Waals surface area (Å²) in [6.07, 6.45) is 1.59. The molecule has 0 bridgehead atoms. The van der Waals surface area contributed by atoms with Crippen LogP contribution in [0.3, 0.4) is 0 Å². The van der Waals surface area contributed by atoms with Gasteiger partial charge in [-0.15, -0.1) is 0 Å². The number of nitrogens with zero attached hydrogens (tertiary/aromatic N) is 1. The lowest BCUT2D eigenvalue weighted by atomic mass is 10.3. The maximum atomic E-state index is 12.0. The van der Waals surface area contributed by atoms with Crippen LogP contribution in [0.5, 0.6) is 0 Å². The molecule has 1 atom stereocenters. The third kappa shape index (κ3) is 4.49. The number of rotatable bonds is 5. The lowest BCUT2D eigenvalue weighted by Crippen LogP contribution is -2.29. The van der Waals surface area contributed by atoms with Gasteiger partial charge in [-0.1, -0.05) is 23.7 Å². The number of hydrogen-bond acceptors (Lipinski definition) is 5. The fourth-order valence-corrected chi connectivity index (χ4v) is 2.27. The molecule has 1 aromatic heterocycles. The highest BCUT2D eigenvalue weighted by atomic mass is 35.5. The smallest absolute Gasteiger partial charge is 0.331 e. The highest BCUT2D eigenvalue weighted by Crippen LogP contribution is 2.16. The fraction of sp³-hybridized carbons (Fsp3) is 0.105. The molecule has 0 unspecified atom stereocenters. The number of esters is 1. The molecule has 0 aliphatic rings. The minimum atomic E-state index is -0.966. The van der Waals surface area contributed by atoms with E-state index in [2.05, 4.69) is 10.3 Å². The zero-order valence-electron chi connectivity index (χ0n) is 13.8. The summed E-state index contributed by atoms with van der Waals surface area (Å²) in [7, 11) is 0. The first-order valence-corrected chi connectivity index (χ1v) is 8.20. The molecule has 0 saturated heterocycles. The van der Waals surface area contributed by atoms with Crippen LogP contribution in [0.25, 0.3) is 17.2 Å². The minimum Gasteiger partial charge on any atom is -0.449 e. The summed E-state index contributed by atoms with van der Waals surface area (Å²) < 4.78 is 10.5. The highest BCUT2D eigenvalue weighted by Gasteiger charge is 2.16. The van der Waals surface area contributed by atoms with Crippen molar-refractivity contribution in [3.63, 3.8) is 0 Å². The van der Waals surface area contributed by atoms with Gasteiger partial charge < -0.3 is 14.5 Å². The topological polar surface area (TPSA) is 81.4 Å². The molecule has 0 aliphatic carbocycles. The Morgan fingerprint density at radius 1 is 1.19 bits per heavy atom. The Bertz CT molecular complexity index is 930. The van der Waals surface area contributed by atoms with Gasteiger partial charge in [-0.05, 0) is 43.3 Å². The lowest BCUT2D eigenvalue weighted by Gasteiger charge is -2.12. The SMILES string of the molecule is C[C@H](OC(=O)/C=C/c1nc2ccccc2o1)C(=O)Nc1ccc(Cl)cc1. The summed E-state index contributed by atoms with van der Waals surface area (Å²) in [5.74, 6) is -0.844. The molecule has 2 aromatic carbocycles. The van der Waals surface area contributed by atoms with Crippen molar-refractivity contribution >= 4 is 46.3 Å². The Labute approximate surface area is 154 Å². The van der Waals surface area contributed by atoms with Crippen molar-refractivity contribution in [3.8, 4) is 0 Å². The van der Waals surface area contributed by atoms with Crippen LogP contribution in [0, 0.1) is 0 Å². The van der Waals surface area contributed by atoms with Crippen molar-refractivity contribution < 1.29 is 18.7 Å². The van der Waals surface area contributed by atoms with Gasteiger partial charge in [-0.3, -0.25) is 4.79 Å². The van der Waals surface area contributed by atoms with Crippen LogP contribution in [-0.4, -0.2) is 23.0 Å². The summed E-state index contributed by atoms with van der Waals surface area (Å²) in [6.45, 7) is 1.48. The standard InChI is InChI=1S/C19H15ClN2O4/c1-12(19(24)21-14-8-6-13(20)7-9-14)25-18(23)11-10-17-22-15-4-2-3-5-16(15)26-17/h2-12H,1H3,(H,21,24)/b11-10+/t12-/m0/s1. The molecule has 0 saturated carbocycles. The number of benzene rings is 2. The number of halogens is 1. The number of anilines is 1. The van der Waals surface area contributed by atoms with Crippen molar-refractivity contribution in [3.05, 3.63) is 65.5 Å². The first kappa shape index (κ1) is 17.7. The molecule has 0 aliphatic heterocycles. The molecule has 1 heterocycles. The molecule has 0 spiro atoms. The average molecular weight is 371 g/mol. The maximum Gasteiger partial charge on any atom is 0.331 e. The number of carbonyl (C=O) groups excluding carboxylic acids is 2. The van der Waals surface area contributed by atoms with Crippen LogP contribution >= 0.6 is 11.6 Å². The summed E-state index contributed by atoms with van der Waals surface area (Å²) >= 11 is 5.79. The van der Waals surface area contributed by atoms with Crippen LogP contribution in [0.1, 0.15) is 12.8 Å². The Hall–Kier alpha value is -3.12. The molecule has 6 nitrogen and oxygen atoms in total. The summed E-state index contributed by atoms with van der Waals surface area (Å²) in [5, 5.41) is 3.20. The molecule has 3 aromatic rings. The lowest BCUT2D eigenvalue weighted by molar-refractivity contribution is -0.148. The number of aromatic nitrogens is 1. The van der Waals surface area contributed by atoms with E-state index in [9.17, 15) is 9.59 Å². The number of hydrogen-bond donors (Lipinski definition) is 1. The number of para-hydroxylation sites is 2. The first-order valence-electron chi connectivity index (χ1n) is 7.82. The van der Waals surface area contributed by atoms with Gasteiger partial charge in [0.15, 0.2) is 11.7 Å². The normalized spacial score (nSPS) is 12.2. The second-order valence-corrected chi connectivity index (χ2v) is 5.86. The molecule has 1 N–H and O–H groups in total. The second-order valence-electron chi connectivity index (χ2n) is 5.43. The van der Waals surface area contributed by atoms with Crippen LogP contribution in [0.2, 0.25) is 5.02 Å². The van der Waals surface area contributed by atoms with Crippen molar-refractivity contribution in [1.82, 2.24) is 4.98 Å². The van der Waals surface area contributed by atoms with E-state index in [1.807, 2.05) is 12.1 Å². The quantitative estimate of drug-likeness (QED) is 0.541. The first-order chi connectivity index (χ1) is 12.5. The van der Waals surface area contributed by atoms with Gasteiger partial charge in [-0.2, -0.15) is 0 Å². The van der Waals surface area contributed by atoms with E-state index in [-0.39, 0.29) is 5.89 Å². The molecule has 0 radical (unpaired) electrons. The Balaban J connectivity index is 1.56. The predicted molar refractivity (Wildman–Crippen MR) is 98.7 cm³/mol. The van der Waals surface area contributed by atoms with E-state index < -0.39 is 18.0 Å². The third-order valence-corrected chi connectivity index (χ3v) is 3.70. The maximum absolute atomic E-state index is 12.0. The number of nitrogens with one attached hydrogen (secondary N) is 1. The van der Waals surface area contributed by atoms with Crippen molar-refractivity contribution in [1.29, 1.82) is 0 Å². The molecular weight excluding hydrogens is 356 g/mol. The van der Waals surface area contributed by atoms with Gasteiger partial charge in [0.05, 0.1) is 0 Å². The summed E-state index contributed by atoms with van der Waals surface area (Å²) in [6, 6.07) is 13.9. The van der Waals surface area contributed by atoms with Gasteiger partial charge >= 0.3 is 5.97 Å². The van der Waals surface area contributed by atoms with Crippen molar-refractivity contribution in [2.45, 2.75) is 13.0 Å². The number of amides is 1. The Morgan fingerprint density at radius 2 is 1.92 bits per heavy atom. The largest absolute Gasteiger partial charge is 0.449 e. The van der Waals surface area contributed by atoms with Gasteiger partial charge in [-0.25, -0.2) is 9.78 Å². The van der Waals surface area contributed by atoms with Crippen LogP contribution in [-0.2, 0) is 14.3 Å². The molecule has 1 amide bonds. The molecule has 132 valence electrons. The van der Waals surface area contributed by atoms with E-state index in [4.69, 9.17) is 20.8 Å². The zero-order chi connectivity index (χ0) is 18.5. The van der Waals surface area contributed by atoms with E-state index in [1.54, 1.807) is 36.4 Å². The second kappa shape index (κ2) is 7.84. The van der Waals surface area contributed by atoms with Gasteiger partial charge in [0.25, 0.3) is 5.91 Å².